The van der Waals surface area contributed by atoms with E-state index in [1.165, 1.54) is 24.3 Å². The molecule has 0 fully saturated rings. The predicted octanol–water partition coefficient (Wildman–Crippen LogP) is 3.57. The van der Waals surface area contributed by atoms with E-state index in [0.717, 1.165) is 5.56 Å². The molecular weight excluding hydrogens is 274 g/mol. The van der Waals surface area contributed by atoms with Gasteiger partial charge in [-0.15, -0.1) is 0 Å². The van der Waals surface area contributed by atoms with Gasteiger partial charge in [-0.2, -0.15) is 0 Å². The van der Waals surface area contributed by atoms with Crippen LogP contribution in [0.3, 0.4) is 0 Å². The zero-order chi connectivity index (χ0) is 15.0. The molecular formula is C16H14F2N2O. The molecule has 3 nitrogen and oxygen atoms in total. The fourth-order valence-electron chi connectivity index (χ4n) is 2.42. The monoisotopic (exact) mass is 288 g/mol. The molecule has 0 spiro atoms. The Bertz CT molecular complexity index is 798. The van der Waals surface area contributed by atoms with E-state index in [1.54, 1.807) is 18.2 Å². The minimum absolute atomic E-state index is 0.339. The maximum absolute atomic E-state index is 13.5. The molecule has 1 aromatic heterocycles. The van der Waals surface area contributed by atoms with Crippen LogP contribution in [0.4, 0.5) is 8.78 Å². The Balaban J connectivity index is 2.11. The molecule has 0 amide bonds. The van der Waals surface area contributed by atoms with Crippen LogP contribution in [0.25, 0.3) is 11.0 Å². The summed E-state index contributed by atoms with van der Waals surface area (Å²) in [6.45, 7) is 1.86. The van der Waals surface area contributed by atoms with Crippen molar-refractivity contribution in [2.24, 2.45) is 5.84 Å². The topological polar surface area (TPSA) is 51.2 Å². The number of hydrogen-bond donors (Lipinski definition) is 2. The largest absolute Gasteiger partial charge is 0.459 e. The number of aryl methyl sites for hydroxylation is 1. The first-order chi connectivity index (χ1) is 10.1. The van der Waals surface area contributed by atoms with E-state index < -0.39 is 6.04 Å². The van der Waals surface area contributed by atoms with Crippen LogP contribution in [-0.4, -0.2) is 0 Å². The molecule has 0 aliphatic heterocycles. The second kappa shape index (κ2) is 5.27. The average Bonchev–Trinajstić information content (AvgIpc) is 2.86. The van der Waals surface area contributed by atoms with Crippen molar-refractivity contribution < 1.29 is 13.2 Å². The summed E-state index contributed by atoms with van der Waals surface area (Å²) in [6.07, 6.45) is 0. The van der Waals surface area contributed by atoms with Gasteiger partial charge < -0.3 is 4.42 Å². The van der Waals surface area contributed by atoms with E-state index in [9.17, 15) is 8.78 Å². The zero-order valence-corrected chi connectivity index (χ0v) is 11.4. The highest BCUT2D eigenvalue weighted by Gasteiger charge is 2.19. The number of nitrogens with one attached hydrogen (secondary N) is 1. The Hall–Kier alpha value is -2.24. The van der Waals surface area contributed by atoms with Gasteiger partial charge in [-0.05, 0) is 54.4 Å². The van der Waals surface area contributed by atoms with Crippen LogP contribution in [0.2, 0.25) is 0 Å². The number of benzene rings is 2. The van der Waals surface area contributed by atoms with E-state index in [2.05, 4.69) is 5.43 Å². The summed E-state index contributed by atoms with van der Waals surface area (Å²) >= 11 is 0. The maximum Gasteiger partial charge on any atom is 0.134 e. The van der Waals surface area contributed by atoms with E-state index >= 15 is 0 Å². The van der Waals surface area contributed by atoms with E-state index in [-0.39, 0.29) is 11.6 Å². The molecule has 3 rings (SSSR count). The molecule has 3 N–H and O–H groups in total. The molecule has 1 unspecified atom stereocenters. The van der Waals surface area contributed by atoms with Crippen LogP contribution in [0, 0.1) is 18.6 Å². The highest BCUT2D eigenvalue weighted by Crippen LogP contribution is 2.30. The summed E-state index contributed by atoms with van der Waals surface area (Å²) in [5.74, 6) is 5.42. The van der Waals surface area contributed by atoms with Crippen molar-refractivity contribution >= 4 is 11.0 Å². The lowest BCUT2D eigenvalue weighted by Crippen LogP contribution is -2.29. The zero-order valence-electron chi connectivity index (χ0n) is 11.4. The lowest BCUT2D eigenvalue weighted by Gasteiger charge is -2.16. The van der Waals surface area contributed by atoms with Gasteiger partial charge in [0, 0.05) is 5.39 Å². The molecule has 0 aliphatic carbocycles. The lowest BCUT2D eigenvalue weighted by molar-refractivity contribution is 0.474. The molecule has 0 saturated heterocycles. The Morgan fingerprint density at radius 1 is 1.05 bits per heavy atom. The van der Waals surface area contributed by atoms with Crippen molar-refractivity contribution in [1.82, 2.24) is 5.43 Å². The summed E-state index contributed by atoms with van der Waals surface area (Å²) in [7, 11) is 0. The van der Waals surface area contributed by atoms with Gasteiger partial charge in [0.15, 0.2) is 0 Å². The fourth-order valence-corrected chi connectivity index (χ4v) is 2.42. The third-order valence-corrected chi connectivity index (χ3v) is 3.50. The Morgan fingerprint density at radius 2 is 1.76 bits per heavy atom. The maximum atomic E-state index is 13.5. The van der Waals surface area contributed by atoms with Crippen molar-refractivity contribution in [1.29, 1.82) is 0 Å². The highest BCUT2D eigenvalue weighted by molar-refractivity contribution is 5.78. The van der Waals surface area contributed by atoms with Gasteiger partial charge in [-0.1, -0.05) is 6.07 Å². The number of furan rings is 1. The molecule has 0 aliphatic rings. The molecule has 0 saturated carbocycles. The molecule has 2 aromatic carbocycles. The standard InChI is InChI=1S/C16H14F2N2O/c1-9-2-3-12(18)8-13(9)16(20-19)15-7-10-6-11(17)4-5-14(10)21-15/h2-8,16,20H,19H2,1H3. The first kappa shape index (κ1) is 13.7. The Morgan fingerprint density at radius 3 is 2.52 bits per heavy atom. The molecule has 0 bridgehead atoms. The molecule has 5 heteroatoms. The third kappa shape index (κ3) is 2.53. The average molecular weight is 288 g/mol. The minimum Gasteiger partial charge on any atom is -0.459 e. The van der Waals surface area contributed by atoms with Crippen molar-refractivity contribution in [3.05, 3.63) is 71.0 Å². The van der Waals surface area contributed by atoms with Crippen LogP contribution in [0.15, 0.2) is 46.9 Å². The summed E-state index contributed by atoms with van der Waals surface area (Å²) in [5.41, 5.74) is 4.74. The molecule has 1 heterocycles. The first-order valence-electron chi connectivity index (χ1n) is 6.49. The summed E-state index contributed by atoms with van der Waals surface area (Å²) in [5, 5.41) is 0.638. The van der Waals surface area contributed by atoms with Crippen molar-refractivity contribution in [3.8, 4) is 0 Å². The van der Waals surface area contributed by atoms with Crippen LogP contribution >= 0.6 is 0 Å². The van der Waals surface area contributed by atoms with Gasteiger partial charge in [-0.3, -0.25) is 5.84 Å². The lowest BCUT2D eigenvalue weighted by atomic mass is 9.99. The number of fused-ring (bicyclic) bond motifs is 1. The molecule has 21 heavy (non-hydrogen) atoms. The SMILES string of the molecule is Cc1ccc(F)cc1C(NN)c1cc2cc(F)ccc2o1. The van der Waals surface area contributed by atoms with Gasteiger partial charge in [-0.25, -0.2) is 14.2 Å². The third-order valence-electron chi connectivity index (χ3n) is 3.50. The fraction of sp³-hybridized carbons (Fsp3) is 0.125. The Kier molecular flexibility index (Phi) is 3.45. The predicted molar refractivity (Wildman–Crippen MR) is 76.5 cm³/mol. The summed E-state index contributed by atoms with van der Waals surface area (Å²) < 4.78 is 32.4. The van der Waals surface area contributed by atoms with Crippen molar-refractivity contribution in [2.45, 2.75) is 13.0 Å². The first-order valence-corrected chi connectivity index (χ1v) is 6.49. The second-order valence-corrected chi connectivity index (χ2v) is 4.93. The van der Waals surface area contributed by atoms with Crippen LogP contribution in [-0.2, 0) is 0 Å². The van der Waals surface area contributed by atoms with Crippen molar-refractivity contribution in [3.63, 3.8) is 0 Å². The number of hydrazine groups is 1. The second-order valence-electron chi connectivity index (χ2n) is 4.93. The highest BCUT2D eigenvalue weighted by atomic mass is 19.1. The van der Waals surface area contributed by atoms with E-state index in [0.29, 0.717) is 22.3 Å². The van der Waals surface area contributed by atoms with Crippen molar-refractivity contribution in [2.75, 3.05) is 0 Å². The normalized spacial score (nSPS) is 12.8. The number of rotatable bonds is 3. The van der Waals surface area contributed by atoms with Crippen LogP contribution < -0.4 is 11.3 Å². The molecule has 108 valence electrons. The van der Waals surface area contributed by atoms with Gasteiger partial charge in [0.1, 0.15) is 29.0 Å². The summed E-state index contributed by atoms with van der Waals surface area (Å²) in [4.78, 5) is 0. The van der Waals surface area contributed by atoms with Gasteiger partial charge in [0.2, 0.25) is 0 Å². The molecule has 1 atom stereocenters. The van der Waals surface area contributed by atoms with Gasteiger partial charge in [0.25, 0.3) is 0 Å². The molecule has 0 radical (unpaired) electrons. The number of hydrogen-bond acceptors (Lipinski definition) is 3. The Labute approximate surface area is 120 Å². The number of nitrogens with two attached hydrogens (primary N) is 1. The summed E-state index contributed by atoms with van der Waals surface area (Å²) in [6, 6.07) is 9.94. The minimum atomic E-state index is -0.504. The molecule has 3 aromatic rings. The van der Waals surface area contributed by atoms with E-state index in [1.807, 2.05) is 6.92 Å². The quantitative estimate of drug-likeness (QED) is 0.572. The smallest absolute Gasteiger partial charge is 0.134 e. The van der Waals surface area contributed by atoms with E-state index in [4.69, 9.17) is 10.3 Å². The van der Waals surface area contributed by atoms with Crippen LogP contribution in [0.1, 0.15) is 22.9 Å². The van der Waals surface area contributed by atoms with Gasteiger partial charge >= 0.3 is 0 Å². The van der Waals surface area contributed by atoms with Crippen LogP contribution in [0.5, 0.6) is 0 Å². The van der Waals surface area contributed by atoms with Gasteiger partial charge in [0.05, 0.1) is 0 Å². The number of halogens is 2.